The maximum absolute atomic E-state index is 13.1. The summed E-state index contributed by atoms with van der Waals surface area (Å²) in [6, 6.07) is 13.5. The number of amides is 1. The average molecular weight is 420 g/mol. The molecule has 2 N–H and O–H groups in total. The molecule has 9 heteroatoms. The molecule has 0 bridgehead atoms. The molecule has 0 aliphatic heterocycles. The molecule has 0 atom stereocenters. The van der Waals surface area contributed by atoms with E-state index in [0.29, 0.717) is 17.4 Å². The Bertz CT molecular complexity index is 982. The fourth-order valence-electron chi connectivity index (χ4n) is 2.20. The minimum absolute atomic E-state index is 0.109. The van der Waals surface area contributed by atoms with Gasteiger partial charge in [0.05, 0.1) is 5.02 Å². The van der Waals surface area contributed by atoms with Gasteiger partial charge in [0.15, 0.2) is 17.4 Å². The second kappa shape index (κ2) is 9.29. The average Bonchev–Trinajstić information content (AvgIpc) is 3.17. The van der Waals surface area contributed by atoms with Crippen LogP contribution in [0.4, 0.5) is 15.2 Å². The molecule has 0 saturated carbocycles. The molecular formula is C19H15ClFN3O3S. The van der Waals surface area contributed by atoms with Crippen LogP contribution in [0.25, 0.3) is 0 Å². The molecule has 28 heavy (non-hydrogen) atoms. The second-order valence-corrected chi connectivity index (χ2v) is 6.90. The predicted molar refractivity (Wildman–Crippen MR) is 106 cm³/mol. The van der Waals surface area contributed by atoms with Crippen molar-refractivity contribution in [3.05, 3.63) is 76.0 Å². The first-order valence-electron chi connectivity index (χ1n) is 8.16. The molecular weight excluding hydrogens is 405 g/mol. The monoisotopic (exact) mass is 419 g/mol. The highest BCUT2D eigenvalue weighted by Crippen LogP contribution is 2.19. The van der Waals surface area contributed by atoms with E-state index in [1.807, 2.05) is 30.3 Å². The molecule has 3 aromatic rings. The molecule has 0 fully saturated rings. The number of carbonyl (C=O) groups excluding carboxylic acids is 2. The summed E-state index contributed by atoms with van der Waals surface area (Å²) in [6.07, 6.45) is 0. The van der Waals surface area contributed by atoms with Crippen LogP contribution in [0.3, 0.4) is 0 Å². The smallest absolute Gasteiger partial charge is 0.358 e. The van der Waals surface area contributed by atoms with E-state index < -0.39 is 24.3 Å². The number of ether oxygens (including phenoxy) is 1. The van der Waals surface area contributed by atoms with E-state index in [4.69, 9.17) is 16.3 Å². The molecule has 144 valence electrons. The first-order valence-corrected chi connectivity index (χ1v) is 9.42. The molecule has 0 spiro atoms. The Balaban J connectivity index is 1.47. The summed E-state index contributed by atoms with van der Waals surface area (Å²) in [6.45, 7) is 0.0730. The number of thiazole rings is 1. The van der Waals surface area contributed by atoms with Crippen molar-refractivity contribution in [3.63, 3.8) is 0 Å². The fourth-order valence-corrected chi connectivity index (χ4v) is 3.06. The zero-order valence-corrected chi connectivity index (χ0v) is 16.0. The molecule has 0 saturated heterocycles. The van der Waals surface area contributed by atoms with Crippen molar-refractivity contribution in [2.24, 2.45) is 0 Å². The van der Waals surface area contributed by atoms with Crippen LogP contribution in [0.5, 0.6) is 0 Å². The predicted octanol–water partition coefficient (Wildman–Crippen LogP) is 4.34. The van der Waals surface area contributed by atoms with Gasteiger partial charge < -0.3 is 15.4 Å². The third kappa shape index (κ3) is 5.51. The molecule has 3 rings (SSSR count). The quantitative estimate of drug-likeness (QED) is 0.557. The van der Waals surface area contributed by atoms with Crippen molar-refractivity contribution < 1.29 is 18.7 Å². The highest BCUT2D eigenvalue weighted by Gasteiger charge is 2.14. The number of nitrogens with one attached hydrogen (secondary N) is 2. The van der Waals surface area contributed by atoms with Crippen molar-refractivity contribution >= 4 is 45.6 Å². The number of esters is 1. The van der Waals surface area contributed by atoms with Crippen molar-refractivity contribution in [2.75, 3.05) is 17.2 Å². The van der Waals surface area contributed by atoms with Crippen LogP contribution in [0, 0.1) is 5.82 Å². The van der Waals surface area contributed by atoms with Crippen LogP contribution in [-0.2, 0) is 16.1 Å². The summed E-state index contributed by atoms with van der Waals surface area (Å²) >= 11 is 6.91. The number of nitrogens with zero attached hydrogens (tertiary/aromatic N) is 1. The molecule has 2 aromatic carbocycles. The van der Waals surface area contributed by atoms with E-state index >= 15 is 0 Å². The van der Waals surface area contributed by atoms with Crippen molar-refractivity contribution in [1.29, 1.82) is 0 Å². The third-order valence-corrected chi connectivity index (χ3v) is 4.63. The normalized spacial score (nSPS) is 10.4. The van der Waals surface area contributed by atoms with Gasteiger partial charge in [0.1, 0.15) is 5.82 Å². The van der Waals surface area contributed by atoms with Crippen LogP contribution in [-0.4, -0.2) is 23.5 Å². The molecule has 0 aliphatic carbocycles. The van der Waals surface area contributed by atoms with Crippen LogP contribution in [0.1, 0.15) is 16.1 Å². The van der Waals surface area contributed by atoms with Gasteiger partial charge in [0.2, 0.25) is 0 Å². The fraction of sp³-hybridized carbons (Fsp3) is 0.105. The lowest BCUT2D eigenvalue weighted by molar-refractivity contribution is -0.119. The van der Waals surface area contributed by atoms with Crippen molar-refractivity contribution in [1.82, 2.24) is 4.98 Å². The standard InChI is InChI=1S/C19H15ClFN3O3S/c20-14-8-13(6-7-15(14)21)23-17(25)10-27-18(26)16-11-28-19(24-16)22-9-12-4-2-1-3-5-12/h1-8,11H,9-10H2,(H,22,24)(H,23,25). The van der Waals surface area contributed by atoms with Crippen LogP contribution >= 0.6 is 22.9 Å². The molecule has 0 unspecified atom stereocenters. The van der Waals surface area contributed by atoms with Crippen LogP contribution in [0.2, 0.25) is 5.02 Å². The highest BCUT2D eigenvalue weighted by atomic mass is 35.5. The van der Waals surface area contributed by atoms with Gasteiger partial charge in [-0.2, -0.15) is 0 Å². The number of carbonyl (C=O) groups is 2. The lowest BCUT2D eigenvalue weighted by Gasteiger charge is -2.06. The highest BCUT2D eigenvalue weighted by molar-refractivity contribution is 7.13. The minimum atomic E-state index is -0.712. The second-order valence-electron chi connectivity index (χ2n) is 5.63. The molecule has 6 nitrogen and oxygen atoms in total. The van der Waals surface area contributed by atoms with E-state index in [-0.39, 0.29) is 10.7 Å². The Hall–Kier alpha value is -2.97. The molecule has 0 radical (unpaired) electrons. The number of anilines is 2. The summed E-state index contributed by atoms with van der Waals surface area (Å²) in [5, 5.41) is 7.59. The Morgan fingerprint density at radius 1 is 1.18 bits per heavy atom. The summed E-state index contributed by atoms with van der Waals surface area (Å²) < 4.78 is 18.1. The van der Waals surface area contributed by atoms with Gasteiger partial charge in [-0.1, -0.05) is 41.9 Å². The Kier molecular flexibility index (Phi) is 6.57. The maximum Gasteiger partial charge on any atom is 0.358 e. The van der Waals surface area contributed by atoms with Gasteiger partial charge in [-0.25, -0.2) is 14.2 Å². The van der Waals surface area contributed by atoms with Gasteiger partial charge in [0, 0.05) is 17.6 Å². The molecule has 1 aromatic heterocycles. The SMILES string of the molecule is O=C(COC(=O)c1csc(NCc2ccccc2)n1)Nc1ccc(F)c(Cl)c1. The van der Waals surface area contributed by atoms with Crippen LogP contribution < -0.4 is 10.6 Å². The Labute approximate surface area is 169 Å². The van der Waals surface area contributed by atoms with Gasteiger partial charge in [-0.3, -0.25) is 4.79 Å². The van der Waals surface area contributed by atoms with Crippen LogP contribution in [0.15, 0.2) is 53.9 Å². The lowest BCUT2D eigenvalue weighted by atomic mass is 10.2. The third-order valence-electron chi connectivity index (χ3n) is 3.54. The minimum Gasteiger partial charge on any atom is -0.451 e. The number of aromatic nitrogens is 1. The van der Waals surface area contributed by atoms with Gasteiger partial charge in [-0.05, 0) is 23.8 Å². The number of hydrogen-bond donors (Lipinski definition) is 2. The summed E-state index contributed by atoms with van der Waals surface area (Å²) in [7, 11) is 0. The Morgan fingerprint density at radius 2 is 1.96 bits per heavy atom. The van der Waals surface area contributed by atoms with E-state index in [1.54, 1.807) is 5.38 Å². The van der Waals surface area contributed by atoms with Gasteiger partial charge in [-0.15, -0.1) is 11.3 Å². The van der Waals surface area contributed by atoms with Crippen molar-refractivity contribution in [2.45, 2.75) is 6.54 Å². The number of rotatable bonds is 7. The van der Waals surface area contributed by atoms with E-state index in [2.05, 4.69) is 15.6 Å². The van der Waals surface area contributed by atoms with E-state index in [9.17, 15) is 14.0 Å². The van der Waals surface area contributed by atoms with Gasteiger partial charge in [0.25, 0.3) is 5.91 Å². The Morgan fingerprint density at radius 3 is 2.71 bits per heavy atom. The lowest BCUT2D eigenvalue weighted by Crippen LogP contribution is -2.21. The zero-order chi connectivity index (χ0) is 19.9. The maximum atomic E-state index is 13.1. The molecule has 1 amide bonds. The zero-order valence-electron chi connectivity index (χ0n) is 14.4. The summed E-state index contributed by atoms with van der Waals surface area (Å²) in [4.78, 5) is 28.0. The molecule has 1 heterocycles. The number of hydrogen-bond acceptors (Lipinski definition) is 6. The number of halogens is 2. The summed E-state index contributed by atoms with van der Waals surface area (Å²) in [5.41, 5.74) is 1.49. The molecule has 0 aliphatic rings. The first-order chi connectivity index (χ1) is 13.5. The largest absolute Gasteiger partial charge is 0.451 e. The summed E-state index contributed by atoms with van der Waals surface area (Å²) in [5.74, 6) is -1.88. The van der Waals surface area contributed by atoms with Crippen molar-refractivity contribution in [3.8, 4) is 0 Å². The number of benzene rings is 2. The van der Waals surface area contributed by atoms with Gasteiger partial charge >= 0.3 is 5.97 Å². The van der Waals surface area contributed by atoms with E-state index in [1.165, 1.54) is 23.5 Å². The first kappa shape index (κ1) is 19.8. The van der Waals surface area contributed by atoms with E-state index in [0.717, 1.165) is 11.6 Å². The topological polar surface area (TPSA) is 80.3 Å².